The van der Waals surface area contributed by atoms with Crippen LogP contribution in [0.2, 0.25) is 0 Å². The van der Waals surface area contributed by atoms with Crippen molar-refractivity contribution in [3.05, 3.63) is 42.6 Å². The van der Waals surface area contributed by atoms with E-state index in [0.717, 1.165) is 5.69 Å². The molecule has 2 nitrogen and oxygen atoms in total. The van der Waals surface area contributed by atoms with Crippen LogP contribution in [0.3, 0.4) is 0 Å². The molecule has 78 valence electrons. The molecule has 1 aromatic heterocycles. The SMILES string of the molecule is CSC(C)n1ccc(-c2ccccc2)n1. The molecule has 1 aromatic carbocycles. The maximum Gasteiger partial charge on any atom is 0.0940 e. The van der Waals surface area contributed by atoms with Crippen molar-refractivity contribution in [2.75, 3.05) is 6.26 Å². The Morgan fingerprint density at radius 3 is 2.60 bits per heavy atom. The van der Waals surface area contributed by atoms with Crippen LogP contribution < -0.4 is 0 Å². The van der Waals surface area contributed by atoms with Crippen molar-refractivity contribution in [2.45, 2.75) is 12.3 Å². The van der Waals surface area contributed by atoms with E-state index in [1.54, 1.807) is 11.8 Å². The predicted octanol–water partition coefficient (Wildman–Crippen LogP) is 3.43. The Hall–Kier alpha value is -1.22. The van der Waals surface area contributed by atoms with Crippen LogP contribution in [0.5, 0.6) is 0 Å². The standard InChI is InChI=1S/C12H14N2S/c1-10(15-2)14-9-8-12(13-14)11-6-4-3-5-7-11/h3-10H,1-2H3. The quantitative estimate of drug-likeness (QED) is 0.785. The van der Waals surface area contributed by atoms with Gasteiger partial charge in [0, 0.05) is 11.8 Å². The van der Waals surface area contributed by atoms with E-state index in [1.165, 1.54) is 5.56 Å². The van der Waals surface area contributed by atoms with Gasteiger partial charge >= 0.3 is 0 Å². The van der Waals surface area contributed by atoms with Crippen molar-refractivity contribution in [1.82, 2.24) is 9.78 Å². The summed E-state index contributed by atoms with van der Waals surface area (Å²) in [4.78, 5) is 0. The summed E-state index contributed by atoms with van der Waals surface area (Å²) in [6.07, 6.45) is 4.12. The first-order valence-corrected chi connectivity index (χ1v) is 6.23. The third kappa shape index (κ3) is 2.23. The number of aromatic nitrogens is 2. The van der Waals surface area contributed by atoms with Gasteiger partial charge in [0.15, 0.2) is 0 Å². The van der Waals surface area contributed by atoms with Crippen molar-refractivity contribution >= 4 is 11.8 Å². The number of benzene rings is 1. The summed E-state index contributed by atoms with van der Waals surface area (Å²) in [5.41, 5.74) is 2.21. The predicted molar refractivity (Wildman–Crippen MR) is 65.9 cm³/mol. The molecule has 0 aliphatic rings. The summed E-state index contributed by atoms with van der Waals surface area (Å²) in [5.74, 6) is 0. The van der Waals surface area contributed by atoms with Gasteiger partial charge in [0.05, 0.1) is 11.1 Å². The lowest BCUT2D eigenvalue weighted by molar-refractivity contribution is 0.646. The second-order valence-corrected chi connectivity index (χ2v) is 4.54. The molecule has 0 bridgehead atoms. The highest BCUT2D eigenvalue weighted by molar-refractivity contribution is 7.98. The lowest BCUT2D eigenvalue weighted by Crippen LogP contribution is -2.00. The van der Waals surface area contributed by atoms with E-state index in [0.29, 0.717) is 5.37 Å². The molecular formula is C12H14N2S. The lowest BCUT2D eigenvalue weighted by Gasteiger charge is -2.07. The molecule has 0 saturated carbocycles. The molecule has 0 saturated heterocycles. The lowest BCUT2D eigenvalue weighted by atomic mass is 10.2. The molecule has 2 rings (SSSR count). The van der Waals surface area contributed by atoms with Gasteiger partial charge < -0.3 is 0 Å². The molecule has 0 aliphatic carbocycles. The summed E-state index contributed by atoms with van der Waals surface area (Å²) < 4.78 is 1.99. The average molecular weight is 218 g/mol. The highest BCUT2D eigenvalue weighted by atomic mass is 32.2. The Balaban J connectivity index is 2.28. The number of hydrogen-bond acceptors (Lipinski definition) is 2. The molecule has 0 spiro atoms. The Morgan fingerprint density at radius 1 is 1.20 bits per heavy atom. The minimum absolute atomic E-state index is 0.391. The third-order valence-corrected chi connectivity index (χ3v) is 3.29. The normalized spacial score (nSPS) is 12.7. The van der Waals surface area contributed by atoms with Gasteiger partial charge in [-0.05, 0) is 19.2 Å². The van der Waals surface area contributed by atoms with Gasteiger partial charge in [0.25, 0.3) is 0 Å². The van der Waals surface area contributed by atoms with E-state index in [9.17, 15) is 0 Å². The van der Waals surface area contributed by atoms with Crippen LogP contribution in [0.4, 0.5) is 0 Å². The van der Waals surface area contributed by atoms with Gasteiger partial charge in [-0.25, -0.2) is 0 Å². The monoisotopic (exact) mass is 218 g/mol. The van der Waals surface area contributed by atoms with Crippen LogP contribution in [-0.2, 0) is 0 Å². The Labute approximate surface area is 94.3 Å². The van der Waals surface area contributed by atoms with E-state index in [-0.39, 0.29) is 0 Å². The maximum absolute atomic E-state index is 4.55. The third-order valence-electron chi connectivity index (χ3n) is 2.39. The summed E-state index contributed by atoms with van der Waals surface area (Å²) in [6.45, 7) is 2.15. The van der Waals surface area contributed by atoms with Crippen LogP contribution in [0.15, 0.2) is 42.6 Å². The van der Waals surface area contributed by atoms with Crippen LogP contribution in [0, 0.1) is 0 Å². The number of rotatable bonds is 3. The molecule has 1 heterocycles. The Bertz CT molecular complexity index is 422. The van der Waals surface area contributed by atoms with Gasteiger partial charge in [-0.3, -0.25) is 4.68 Å². The Morgan fingerprint density at radius 2 is 1.93 bits per heavy atom. The molecule has 3 heteroatoms. The first kappa shape index (κ1) is 10.3. The molecule has 2 aromatic rings. The van der Waals surface area contributed by atoms with E-state index < -0.39 is 0 Å². The molecule has 0 N–H and O–H groups in total. The van der Waals surface area contributed by atoms with E-state index >= 15 is 0 Å². The van der Waals surface area contributed by atoms with E-state index in [4.69, 9.17) is 0 Å². The van der Waals surface area contributed by atoms with Gasteiger partial charge in [0.1, 0.15) is 0 Å². The van der Waals surface area contributed by atoms with Crippen LogP contribution >= 0.6 is 11.8 Å². The zero-order valence-corrected chi connectivity index (χ0v) is 9.74. The largest absolute Gasteiger partial charge is 0.259 e. The molecule has 0 aliphatic heterocycles. The van der Waals surface area contributed by atoms with E-state index in [1.807, 2.05) is 29.1 Å². The topological polar surface area (TPSA) is 17.8 Å². The smallest absolute Gasteiger partial charge is 0.0940 e. The number of hydrogen-bond donors (Lipinski definition) is 0. The fourth-order valence-corrected chi connectivity index (χ4v) is 1.74. The molecular weight excluding hydrogens is 204 g/mol. The molecule has 1 atom stereocenters. The van der Waals surface area contributed by atoms with Gasteiger partial charge in [-0.1, -0.05) is 30.3 Å². The van der Waals surface area contributed by atoms with Crippen LogP contribution in [-0.4, -0.2) is 16.0 Å². The van der Waals surface area contributed by atoms with Crippen LogP contribution in [0.1, 0.15) is 12.3 Å². The minimum Gasteiger partial charge on any atom is -0.259 e. The van der Waals surface area contributed by atoms with E-state index in [2.05, 4.69) is 36.5 Å². The molecule has 15 heavy (non-hydrogen) atoms. The molecule has 0 amide bonds. The zero-order chi connectivity index (χ0) is 10.7. The fourth-order valence-electron chi connectivity index (χ4n) is 1.41. The van der Waals surface area contributed by atoms with Crippen molar-refractivity contribution in [3.63, 3.8) is 0 Å². The van der Waals surface area contributed by atoms with Crippen LogP contribution in [0.25, 0.3) is 11.3 Å². The fraction of sp³-hybridized carbons (Fsp3) is 0.250. The maximum atomic E-state index is 4.55. The van der Waals surface area contributed by atoms with Gasteiger partial charge in [-0.15, -0.1) is 11.8 Å². The second-order valence-electron chi connectivity index (χ2n) is 3.38. The highest BCUT2D eigenvalue weighted by Crippen LogP contribution is 2.21. The van der Waals surface area contributed by atoms with Crippen molar-refractivity contribution in [1.29, 1.82) is 0 Å². The van der Waals surface area contributed by atoms with Gasteiger partial charge in [0.2, 0.25) is 0 Å². The first-order valence-electron chi connectivity index (χ1n) is 4.94. The second kappa shape index (κ2) is 4.53. The number of thioether (sulfide) groups is 1. The van der Waals surface area contributed by atoms with Crippen molar-refractivity contribution in [3.8, 4) is 11.3 Å². The Kier molecular flexibility index (Phi) is 3.11. The van der Waals surface area contributed by atoms with Gasteiger partial charge in [-0.2, -0.15) is 5.10 Å². The summed E-state index contributed by atoms with van der Waals surface area (Å²) in [6, 6.07) is 12.3. The summed E-state index contributed by atoms with van der Waals surface area (Å²) in [5, 5.41) is 4.94. The van der Waals surface area contributed by atoms with Crippen molar-refractivity contribution in [2.24, 2.45) is 0 Å². The van der Waals surface area contributed by atoms with Crippen molar-refractivity contribution < 1.29 is 0 Å². The first-order chi connectivity index (χ1) is 7.31. The summed E-state index contributed by atoms with van der Waals surface area (Å²) in [7, 11) is 0. The average Bonchev–Trinajstić information content (AvgIpc) is 2.78. The molecule has 0 fully saturated rings. The summed E-state index contributed by atoms with van der Waals surface area (Å²) >= 11 is 1.79. The zero-order valence-electron chi connectivity index (χ0n) is 8.92. The molecule has 0 radical (unpaired) electrons. The number of nitrogens with zero attached hydrogens (tertiary/aromatic N) is 2. The minimum atomic E-state index is 0.391. The highest BCUT2D eigenvalue weighted by Gasteiger charge is 2.05. The molecule has 1 unspecified atom stereocenters.